The quantitative estimate of drug-likeness (QED) is 0.542. The fourth-order valence-electron chi connectivity index (χ4n) is 3.78. The zero-order chi connectivity index (χ0) is 24.6. The molecule has 1 atom stereocenters. The number of hydrogen-bond donors (Lipinski definition) is 1. The molecule has 2 heterocycles. The number of benzene rings is 2. The highest BCUT2D eigenvalue weighted by Crippen LogP contribution is 2.37. The molecule has 0 aliphatic carbocycles. The topological polar surface area (TPSA) is 107 Å². The van der Waals surface area contributed by atoms with E-state index in [1.807, 2.05) is 0 Å². The van der Waals surface area contributed by atoms with Crippen LogP contribution in [0.3, 0.4) is 0 Å². The molecular weight excluding hydrogens is 480 g/mol. The number of ether oxygens (including phenoxy) is 2. The number of fused-ring (bicyclic) bond motifs is 1. The SMILES string of the molecule is COC(=O)C1=C(C)N=c2s/c(=C\c3ccc(C(=O)O)cc3)c(=O)n2[C@H]1c1cc(Cl)ccc1OC. The van der Waals surface area contributed by atoms with Gasteiger partial charge in [0.2, 0.25) is 0 Å². The van der Waals surface area contributed by atoms with Crippen LogP contribution in [0.1, 0.15) is 34.5 Å². The minimum atomic E-state index is -1.03. The third kappa shape index (κ3) is 4.15. The molecule has 10 heteroatoms. The number of halogens is 1. The minimum Gasteiger partial charge on any atom is -0.496 e. The number of carboxylic acids is 1. The van der Waals surface area contributed by atoms with E-state index in [1.165, 1.54) is 30.9 Å². The molecule has 34 heavy (non-hydrogen) atoms. The van der Waals surface area contributed by atoms with E-state index in [2.05, 4.69) is 4.99 Å². The van der Waals surface area contributed by atoms with E-state index in [-0.39, 0.29) is 16.7 Å². The third-order valence-electron chi connectivity index (χ3n) is 5.37. The first-order valence-electron chi connectivity index (χ1n) is 10.0. The van der Waals surface area contributed by atoms with Gasteiger partial charge in [-0.2, -0.15) is 0 Å². The number of carbonyl (C=O) groups excluding carboxylic acids is 1. The number of aromatic nitrogens is 1. The average Bonchev–Trinajstić information content (AvgIpc) is 3.12. The number of esters is 1. The summed E-state index contributed by atoms with van der Waals surface area (Å²) in [6.45, 7) is 1.68. The van der Waals surface area contributed by atoms with Gasteiger partial charge in [0.05, 0.1) is 35.6 Å². The average molecular weight is 499 g/mol. The number of carbonyl (C=O) groups is 2. The summed E-state index contributed by atoms with van der Waals surface area (Å²) in [6, 6.07) is 10.3. The van der Waals surface area contributed by atoms with Crippen LogP contribution in [0.5, 0.6) is 5.75 Å². The zero-order valence-electron chi connectivity index (χ0n) is 18.4. The van der Waals surface area contributed by atoms with Gasteiger partial charge in [0, 0.05) is 10.6 Å². The highest BCUT2D eigenvalue weighted by molar-refractivity contribution is 7.07. The molecule has 4 rings (SSSR count). The van der Waals surface area contributed by atoms with Crippen LogP contribution in [0.25, 0.3) is 6.08 Å². The Balaban J connectivity index is 1.97. The lowest BCUT2D eigenvalue weighted by atomic mass is 9.95. The molecule has 1 aliphatic rings. The van der Waals surface area contributed by atoms with Gasteiger partial charge in [0.15, 0.2) is 4.80 Å². The van der Waals surface area contributed by atoms with Crippen molar-refractivity contribution in [3.8, 4) is 5.75 Å². The maximum atomic E-state index is 13.6. The predicted molar refractivity (Wildman–Crippen MR) is 127 cm³/mol. The number of hydrogen-bond acceptors (Lipinski definition) is 7. The van der Waals surface area contributed by atoms with E-state index in [0.29, 0.717) is 36.9 Å². The van der Waals surface area contributed by atoms with E-state index < -0.39 is 18.0 Å². The van der Waals surface area contributed by atoms with Gasteiger partial charge in [-0.3, -0.25) is 9.36 Å². The molecule has 1 aliphatic heterocycles. The molecule has 0 bridgehead atoms. The van der Waals surface area contributed by atoms with Crippen molar-refractivity contribution in [2.45, 2.75) is 13.0 Å². The zero-order valence-corrected chi connectivity index (χ0v) is 19.9. The van der Waals surface area contributed by atoms with E-state index in [0.717, 1.165) is 11.3 Å². The number of aromatic carboxylic acids is 1. The second-order valence-electron chi connectivity index (χ2n) is 7.39. The predicted octanol–water partition coefficient (Wildman–Crippen LogP) is 2.77. The van der Waals surface area contributed by atoms with Gasteiger partial charge in [-0.1, -0.05) is 35.1 Å². The molecule has 0 saturated heterocycles. The number of allylic oxidation sites excluding steroid dienone is 1. The van der Waals surface area contributed by atoms with Gasteiger partial charge in [-0.25, -0.2) is 14.6 Å². The molecule has 0 saturated carbocycles. The molecule has 0 spiro atoms. The second kappa shape index (κ2) is 9.28. The van der Waals surface area contributed by atoms with Crippen molar-refractivity contribution in [1.29, 1.82) is 0 Å². The van der Waals surface area contributed by atoms with Crippen LogP contribution in [0.4, 0.5) is 0 Å². The van der Waals surface area contributed by atoms with Gasteiger partial charge in [-0.15, -0.1) is 0 Å². The van der Waals surface area contributed by atoms with Crippen molar-refractivity contribution in [2.24, 2.45) is 4.99 Å². The van der Waals surface area contributed by atoms with E-state index in [1.54, 1.807) is 43.3 Å². The minimum absolute atomic E-state index is 0.144. The molecule has 2 aromatic carbocycles. The maximum Gasteiger partial charge on any atom is 0.338 e. The van der Waals surface area contributed by atoms with Crippen molar-refractivity contribution < 1.29 is 24.2 Å². The normalized spacial score (nSPS) is 15.5. The summed E-state index contributed by atoms with van der Waals surface area (Å²) >= 11 is 7.42. The number of methoxy groups -OCH3 is 2. The number of nitrogens with zero attached hydrogens (tertiary/aromatic N) is 2. The number of carboxylic acid groups (broad SMARTS) is 1. The van der Waals surface area contributed by atoms with Crippen LogP contribution in [0.15, 0.2) is 63.5 Å². The summed E-state index contributed by atoms with van der Waals surface area (Å²) in [5.41, 5.74) is 1.56. The van der Waals surface area contributed by atoms with Gasteiger partial charge in [-0.05, 0) is 48.9 Å². The Labute approximate surface area is 202 Å². The Hall–Kier alpha value is -3.69. The number of rotatable bonds is 5. The van der Waals surface area contributed by atoms with E-state index in [4.69, 9.17) is 26.2 Å². The summed E-state index contributed by atoms with van der Waals surface area (Å²) in [7, 11) is 2.76. The van der Waals surface area contributed by atoms with Crippen LogP contribution < -0.4 is 19.6 Å². The Morgan fingerprint density at radius 3 is 2.50 bits per heavy atom. The van der Waals surface area contributed by atoms with Gasteiger partial charge < -0.3 is 14.6 Å². The van der Waals surface area contributed by atoms with Crippen molar-refractivity contribution >= 4 is 41.0 Å². The molecule has 0 unspecified atom stereocenters. The second-order valence-corrected chi connectivity index (χ2v) is 8.83. The molecule has 0 radical (unpaired) electrons. The molecule has 1 aromatic heterocycles. The fraction of sp³-hybridized carbons (Fsp3) is 0.167. The Bertz CT molecular complexity index is 1520. The smallest absolute Gasteiger partial charge is 0.338 e. The first-order valence-corrected chi connectivity index (χ1v) is 11.2. The Kier molecular flexibility index (Phi) is 6.41. The van der Waals surface area contributed by atoms with Gasteiger partial charge in [0.25, 0.3) is 5.56 Å². The standard InChI is InChI=1S/C24H19ClN2O6S/c1-12-19(23(31)33-3)20(16-11-15(25)8-9-17(16)32-2)27-21(28)18(34-24(27)26-12)10-13-4-6-14(7-5-13)22(29)30/h4-11,20H,1-3H3,(H,29,30)/b18-10-/t20-/m0/s1. The summed E-state index contributed by atoms with van der Waals surface area (Å²) in [4.78, 5) is 42.3. The van der Waals surface area contributed by atoms with Gasteiger partial charge >= 0.3 is 11.9 Å². The fourth-order valence-corrected chi connectivity index (χ4v) is 5.01. The lowest BCUT2D eigenvalue weighted by molar-refractivity contribution is -0.136. The molecule has 0 fully saturated rings. The first kappa shape index (κ1) is 23.5. The Morgan fingerprint density at radius 1 is 1.18 bits per heavy atom. The van der Waals surface area contributed by atoms with Crippen LogP contribution in [0.2, 0.25) is 5.02 Å². The maximum absolute atomic E-state index is 13.6. The van der Waals surface area contributed by atoms with E-state index in [9.17, 15) is 14.4 Å². The van der Waals surface area contributed by atoms with Crippen LogP contribution >= 0.6 is 22.9 Å². The van der Waals surface area contributed by atoms with Crippen molar-refractivity contribution in [2.75, 3.05) is 14.2 Å². The van der Waals surface area contributed by atoms with Crippen molar-refractivity contribution in [3.63, 3.8) is 0 Å². The highest BCUT2D eigenvalue weighted by atomic mass is 35.5. The van der Waals surface area contributed by atoms with Crippen molar-refractivity contribution in [1.82, 2.24) is 4.57 Å². The van der Waals surface area contributed by atoms with E-state index >= 15 is 0 Å². The lowest BCUT2D eigenvalue weighted by Gasteiger charge is -2.25. The Morgan fingerprint density at radius 2 is 1.88 bits per heavy atom. The first-order chi connectivity index (χ1) is 16.2. The molecule has 1 N–H and O–H groups in total. The molecular formula is C24H19ClN2O6S. The summed E-state index contributed by atoms with van der Waals surface area (Å²) < 4.78 is 12.3. The van der Waals surface area contributed by atoms with Gasteiger partial charge in [0.1, 0.15) is 11.8 Å². The molecule has 3 aromatic rings. The summed E-state index contributed by atoms with van der Waals surface area (Å²) in [5, 5.41) is 9.51. The van der Waals surface area contributed by atoms with Crippen LogP contribution in [-0.4, -0.2) is 35.8 Å². The summed E-state index contributed by atoms with van der Waals surface area (Å²) in [6.07, 6.45) is 1.65. The number of thiazole rings is 1. The van der Waals surface area contributed by atoms with Crippen LogP contribution in [0, 0.1) is 0 Å². The molecule has 174 valence electrons. The lowest BCUT2D eigenvalue weighted by Crippen LogP contribution is -2.40. The van der Waals surface area contributed by atoms with Crippen molar-refractivity contribution in [3.05, 3.63) is 95.1 Å². The third-order valence-corrected chi connectivity index (χ3v) is 6.59. The highest BCUT2D eigenvalue weighted by Gasteiger charge is 2.35. The molecule has 8 nitrogen and oxygen atoms in total. The largest absolute Gasteiger partial charge is 0.496 e. The van der Waals surface area contributed by atoms with Crippen LogP contribution in [-0.2, 0) is 9.53 Å². The summed E-state index contributed by atoms with van der Waals surface area (Å²) in [5.74, 6) is -1.21. The molecule has 0 amide bonds. The monoisotopic (exact) mass is 498 g/mol.